The molecule has 0 radical (unpaired) electrons. The Morgan fingerprint density at radius 2 is 1.93 bits per heavy atom. The van der Waals surface area contributed by atoms with Crippen LogP contribution >= 0.6 is 0 Å². The summed E-state index contributed by atoms with van der Waals surface area (Å²) in [6.45, 7) is 14.0. The predicted octanol–water partition coefficient (Wildman–Crippen LogP) is 1.91. The van der Waals surface area contributed by atoms with Crippen molar-refractivity contribution in [3.63, 3.8) is 0 Å². The van der Waals surface area contributed by atoms with Gasteiger partial charge in [0.15, 0.2) is 0 Å². The summed E-state index contributed by atoms with van der Waals surface area (Å²) in [7, 11) is 0. The number of quaternary nitrogens is 1. The van der Waals surface area contributed by atoms with Crippen LogP contribution in [-0.2, 0) is 0 Å². The van der Waals surface area contributed by atoms with Crippen LogP contribution in [0.3, 0.4) is 0 Å². The van der Waals surface area contributed by atoms with Crippen molar-refractivity contribution in [1.29, 1.82) is 0 Å². The Morgan fingerprint density at radius 3 is 2.50 bits per heavy atom. The lowest BCUT2D eigenvalue weighted by Crippen LogP contribution is -2.49. The van der Waals surface area contributed by atoms with Crippen LogP contribution in [0.2, 0.25) is 0 Å². The minimum absolute atomic E-state index is 0.822. The lowest BCUT2D eigenvalue weighted by Gasteiger charge is -2.33. The van der Waals surface area contributed by atoms with E-state index in [-0.39, 0.29) is 0 Å². The first-order chi connectivity index (χ1) is 6.62. The van der Waals surface area contributed by atoms with Crippen molar-refractivity contribution in [2.75, 3.05) is 32.8 Å². The first-order valence-electron chi connectivity index (χ1n) is 6.20. The summed E-state index contributed by atoms with van der Waals surface area (Å²) in [4.78, 5) is 2.68. The number of rotatable bonds is 2. The Bertz CT molecular complexity index is 194. The van der Waals surface area contributed by atoms with Gasteiger partial charge >= 0.3 is 0 Å². The van der Waals surface area contributed by atoms with E-state index in [1.54, 1.807) is 0 Å². The molecule has 0 aromatic carbocycles. The molecule has 0 aromatic rings. The standard InChI is InChI=1S/C12H25N2/c1-11(2)8-13-9-12(3)14(10-13)6-4-5-7-14/h11-12H,4-10H2,1-3H3/q+1. The van der Waals surface area contributed by atoms with Gasteiger partial charge in [-0.1, -0.05) is 13.8 Å². The van der Waals surface area contributed by atoms with E-state index in [0.717, 1.165) is 12.0 Å². The van der Waals surface area contributed by atoms with Gasteiger partial charge in [-0.3, -0.25) is 4.90 Å². The van der Waals surface area contributed by atoms with Crippen molar-refractivity contribution in [2.45, 2.75) is 39.7 Å². The molecule has 2 aliphatic heterocycles. The SMILES string of the molecule is CC(C)CN1CC(C)[N+]2(CCCC2)C1. The fourth-order valence-electron chi connectivity index (χ4n) is 3.34. The van der Waals surface area contributed by atoms with Gasteiger partial charge in [-0.15, -0.1) is 0 Å². The zero-order valence-electron chi connectivity index (χ0n) is 10.00. The quantitative estimate of drug-likeness (QED) is 0.611. The van der Waals surface area contributed by atoms with Crippen molar-refractivity contribution >= 4 is 0 Å². The van der Waals surface area contributed by atoms with E-state index in [1.807, 2.05) is 0 Å². The van der Waals surface area contributed by atoms with Gasteiger partial charge < -0.3 is 4.48 Å². The van der Waals surface area contributed by atoms with Gasteiger partial charge in [0, 0.05) is 19.4 Å². The van der Waals surface area contributed by atoms with Crippen molar-refractivity contribution < 1.29 is 4.48 Å². The molecular weight excluding hydrogens is 172 g/mol. The molecule has 0 N–H and O–H groups in total. The molecule has 1 atom stereocenters. The van der Waals surface area contributed by atoms with Crippen LogP contribution < -0.4 is 0 Å². The normalized spacial score (nSPS) is 32.1. The third-order valence-electron chi connectivity index (χ3n) is 4.02. The summed E-state index contributed by atoms with van der Waals surface area (Å²) >= 11 is 0. The van der Waals surface area contributed by atoms with E-state index in [9.17, 15) is 0 Å². The lowest BCUT2D eigenvalue weighted by atomic mass is 10.2. The maximum atomic E-state index is 2.68. The molecule has 2 fully saturated rings. The summed E-state index contributed by atoms with van der Waals surface area (Å²) in [6.07, 6.45) is 2.92. The molecule has 1 spiro atoms. The summed E-state index contributed by atoms with van der Waals surface area (Å²) in [5.41, 5.74) is 0. The third-order valence-corrected chi connectivity index (χ3v) is 4.02. The fraction of sp³-hybridized carbons (Fsp3) is 1.00. The van der Waals surface area contributed by atoms with E-state index in [4.69, 9.17) is 0 Å². The average Bonchev–Trinajstić information content (AvgIpc) is 2.62. The molecular formula is C12H25N2+. The van der Waals surface area contributed by atoms with Gasteiger partial charge in [0.1, 0.15) is 12.7 Å². The van der Waals surface area contributed by atoms with E-state index in [2.05, 4.69) is 25.7 Å². The van der Waals surface area contributed by atoms with Crippen molar-refractivity contribution in [1.82, 2.24) is 4.90 Å². The van der Waals surface area contributed by atoms with Crippen LogP contribution in [0.4, 0.5) is 0 Å². The molecule has 2 heterocycles. The van der Waals surface area contributed by atoms with Gasteiger partial charge in [0.05, 0.1) is 19.6 Å². The molecule has 82 valence electrons. The molecule has 14 heavy (non-hydrogen) atoms. The smallest absolute Gasteiger partial charge is 0.135 e. The number of hydrogen-bond acceptors (Lipinski definition) is 1. The van der Waals surface area contributed by atoms with Gasteiger partial charge in [-0.2, -0.15) is 0 Å². The highest BCUT2D eigenvalue weighted by Gasteiger charge is 2.44. The second-order valence-electron chi connectivity index (χ2n) is 5.79. The van der Waals surface area contributed by atoms with E-state index < -0.39 is 0 Å². The van der Waals surface area contributed by atoms with Crippen LogP contribution in [-0.4, -0.2) is 48.3 Å². The van der Waals surface area contributed by atoms with Crippen LogP contribution in [0.25, 0.3) is 0 Å². The monoisotopic (exact) mass is 197 g/mol. The van der Waals surface area contributed by atoms with Crippen LogP contribution in [0, 0.1) is 5.92 Å². The Kier molecular flexibility index (Phi) is 2.85. The van der Waals surface area contributed by atoms with Gasteiger partial charge in [-0.05, 0) is 12.8 Å². The number of hydrogen-bond donors (Lipinski definition) is 0. The summed E-state index contributed by atoms with van der Waals surface area (Å²) < 4.78 is 1.41. The van der Waals surface area contributed by atoms with Gasteiger partial charge in [-0.25, -0.2) is 0 Å². The highest BCUT2D eigenvalue weighted by atomic mass is 15.5. The second kappa shape index (κ2) is 3.82. The topological polar surface area (TPSA) is 3.24 Å². The molecule has 0 aromatic heterocycles. The maximum absolute atomic E-state index is 2.68. The minimum Gasteiger partial charge on any atom is -0.308 e. The molecule has 2 heteroatoms. The lowest BCUT2D eigenvalue weighted by molar-refractivity contribution is -0.929. The second-order valence-corrected chi connectivity index (χ2v) is 5.79. The Balaban J connectivity index is 1.96. The van der Waals surface area contributed by atoms with E-state index >= 15 is 0 Å². The molecule has 0 amide bonds. The van der Waals surface area contributed by atoms with E-state index in [0.29, 0.717) is 0 Å². The third kappa shape index (κ3) is 1.82. The molecule has 1 unspecified atom stereocenters. The average molecular weight is 197 g/mol. The zero-order valence-corrected chi connectivity index (χ0v) is 10.00. The van der Waals surface area contributed by atoms with Crippen molar-refractivity contribution in [3.05, 3.63) is 0 Å². The first kappa shape index (κ1) is 10.4. The molecule has 2 saturated heterocycles. The summed E-state index contributed by atoms with van der Waals surface area (Å²) in [5.74, 6) is 0.822. The molecule has 2 nitrogen and oxygen atoms in total. The van der Waals surface area contributed by atoms with E-state index in [1.165, 1.54) is 50.2 Å². The predicted molar refractivity (Wildman–Crippen MR) is 60.0 cm³/mol. The largest absolute Gasteiger partial charge is 0.308 e. The fourth-order valence-corrected chi connectivity index (χ4v) is 3.34. The van der Waals surface area contributed by atoms with Crippen molar-refractivity contribution in [2.24, 2.45) is 5.92 Å². The molecule has 0 bridgehead atoms. The highest BCUT2D eigenvalue weighted by Crippen LogP contribution is 2.30. The summed E-state index contributed by atoms with van der Waals surface area (Å²) in [6, 6.07) is 0.885. The molecule has 0 aliphatic carbocycles. The Morgan fingerprint density at radius 1 is 1.29 bits per heavy atom. The Labute approximate surface area is 88.5 Å². The summed E-state index contributed by atoms with van der Waals surface area (Å²) in [5, 5.41) is 0. The highest BCUT2D eigenvalue weighted by molar-refractivity contribution is 4.73. The molecule has 2 rings (SSSR count). The number of nitrogens with zero attached hydrogens (tertiary/aromatic N) is 2. The van der Waals surface area contributed by atoms with Crippen LogP contribution in [0.5, 0.6) is 0 Å². The first-order valence-corrected chi connectivity index (χ1v) is 6.20. The van der Waals surface area contributed by atoms with Crippen LogP contribution in [0.1, 0.15) is 33.6 Å². The van der Waals surface area contributed by atoms with Crippen LogP contribution in [0.15, 0.2) is 0 Å². The Hall–Kier alpha value is -0.0800. The molecule has 2 aliphatic rings. The van der Waals surface area contributed by atoms with Gasteiger partial charge in [0.25, 0.3) is 0 Å². The van der Waals surface area contributed by atoms with Crippen molar-refractivity contribution in [3.8, 4) is 0 Å². The van der Waals surface area contributed by atoms with Gasteiger partial charge in [0.2, 0.25) is 0 Å². The maximum Gasteiger partial charge on any atom is 0.135 e. The molecule has 0 saturated carbocycles. The zero-order chi connectivity index (χ0) is 10.2. The minimum atomic E-state index is 0.822.